The summed E-state index contributed by atoms with van der Waals surface area (Å²) in [6, 6.07) is 5.95. The Morgan fingerprint density at radius 3 is 2.46 bits per heavy atom. The van der Waals surface area contributed by atoms with Crippen LogP contribution in [0.1, 0.15) is 31.7 Å². The number of nitrogens with one attached hydrogen (secondary N) is 1. The van der Waals surface area contributed by atoms with Gasteiger partial charge in [-0.25, -0.2) is 9.69 Å². The summed E-state index contributed by atoms with van der Waals surface area (Å²) in [6.45, 7) is 1.01. The summed E-state index contributed by atoms with van der Waals surface area (Å²) in [6.07, 6.45) is 3.15. The third kappa shape index (κ3) is 4.12. The number of aryl methyl sites for hydroxylation is 1. The number of urea groups is 1. The Balaban J connectivity index is 1.58. The first-order valence-corrected chi connectivity index (χ1v) is 8.78. The lowest BCUT2D eigenvalue weighted by Gasteiger charge is -2.24. The van der Waals surface area contributed by atoms with Gasteiger partial charge in [-0.15, -0.1) is 0 Å². The highest BCUT2D eigenvalue weighted by molar-refractivity contribution is 6.06. The van der Waals surface area contributed by atoms with Gasteiger partial charge in [-0.05, 0) is 63.4 Å². The quantitative estimate of drug-likeness (QED) is 0.753. The molecule has 142 valence electrons. The fourth-order valence-corrected chi connectivity index (χ4v) is 3.40. The van der Waals surface area contributed by atoms with E-state index in [1.165, 1.54) is 17.0 Å². The molecule has 3 rings (SSSR count). The number of hydrogen-bond acceptors (Lipinski definition) is 4. The van der Waals surface area contributed by atoms with E-state index in [0.717, 1.165) is 31.5 Å². The Morgan fingerprint density at radius 2 is 1.85 bits per heavy atom. The number of alkyl halides is 2. The second-order valence-corrected chi connectivity index (χ2v) is 6.98. The molecule has 2 heterocycles. The monoisotopic (exact) mass is 367 g/mol. The van der Waals surface area contributed by atoms with E-state index in [2.05, 4.69) is 15.0 Å². The Labute approximate surface area is 151 Å². The molecule has 0 bridgehead atoms. The van der Waals surface area contributed by atoms with E-state index in [1.807, 2.05) is 0 Å². The van der Waals surface area contributed by atoms with Gasteiger partial charge in [-0.3, -0.25) is 9.69 Å². The number of rotatable bonds is 7. The number of hydrogen-bond donors (Lipinski definition) is 1. The van der Waals surface area contributed by atoms with E-state index < -0.39 is 12.2 Å². The first-order valence-electron chi connectivity index (χ1n) is 8.78. The van der Waals surface area contributed by atoms with Crippen LogP contribution in [0.25, 0.3) is 0 Å². The Morgan fingerprint density at radius 1 is 1.19 bits per heavy atom. The predicted octanol–water partition coefficient (Wildman–Crippen LogP) is 2.58. The van der Waals surface area contributed by atoms with E-state index in [9.17, 15) is 18.4 Å². The fraction of sp³-hybridized carbons (Fsp3) is 0.556. The third-order valence-electron chi connectivity index (χ3n) is 4.95. The molecule has 2 fully saturated rings. The van der Waals surface area contributed by atoms with Crippen LogP contribution in [0, 0.1) is 0 Å². The van der Waals surface area contributed by atoms with Crippen molar-refractivity contribution < 1.29 is 23.1 Å². The van der Waals surface area contributed by atoms with Crippen molar-refractivity contribution in [1.82, 2.24) is 15.1 Å². The van der Waals surface area contributed by atoms with Crippen molar-refractivity contribution in [2.24, 2.45) is 0 Å². The summed E-state index contributed by atoms with van der Waals surface area (Å²) < 4.78 is 28.7. The second kappa shape index (κ2) is 7.57. The molecule has 26 heavy (non-hydrogen) atoms. The smallest absolute Gasteiger partial charge is 0.387 e. The van der Waals surface area contributed by atoms with E-state index in [4.69, 9.17) is 0 Å². The average molecular weight is 367 g/mol. The van der Waals surface area contributed by atoms with Gasteiger partial charge in [-0.1, -0.05) is 12.1 Å². The Kier molecular flexibility index (Phi) is 5.41. The van der Waals surface area contributed by atoms with Crippen LogP contribution in [0.15, 0.2) is 24.3 Å². The molecule has 0 aliphatic carbocycles. The van der Waals surface area contributed by atoms with Gasteiger partial charge >= 0.3 is 12.6 Å². The summed E-state index contributed by atoms with van der Waals surface area (Å²) in [5.74, 6) is -0.121. The van der Waals surface area contributed by atoms with Gasteiger partial charge in [0.2, 0.25) is 0 Å². The summed E-state index contributed by atoms with van der Waals surface area (Å²) in [4.78, 5) is 28.3. The highest BCUT2D eigenvalue weighted by Gasteiger charge is 2.47. The van der Waals surface area contributed by atoms with Crippen LogP contribution < -0.4 is 10.1 Å². The van der Waals surface area contributed by atoms with Crippen molar-refractivity contribution in [1.29, 1.82) is 0 Å². The van der Waals surface area contributed by atoms with Crippen molar-refractivity contribution in [3.63, 3.8) is 0 Å². The third-order valence-corrected chi connectivity index (χ3v) is 4.95. The maximum Gasteiger partial charge on any atom is 0.387 e. The van der Waals surface area contributed by atoms with Gasteiger partial charge in [0.05, 0.1) is 6.67 Å². The zero-order valence-electron chi connectivity index (χ0n) is 14.7. The molecule has 8 heteroatoms. The van der Waals surface area contributed by atoms with Crippen LogP contribution in [0.5, 0.6) is 5.75 Å². The van der Waals surface area contributed by atoms with Gasteiger partial charge in [0.15, 0.2) is 0 Å². The molecular weight excluding hydrogens is 344 g/mol. The fourth-order valence-electron chi connectivity index (χ4n) is 3.40. The normalized spacial score (nSPS) is 23.8. The molecule has 3 amide bonds. The number of carbonyl (C=O) groups is 2. The molecule has 1 aromatic rings. The number of nitrogens with zero attached hydrogens (tertiary/aromatic N) is 2. The van der Waals surface area contributed by atoms with Gasteiger partial charge in [-0.2, -0.15) is 8.78 Å². The first-order chi connectivity index (χ1) is 12.4. The van der Waals surface area contributed by atoms with Gasteiger partial charge < -0.3 is 10.1 Å². The van der Waals surface area contributed by atoms with Crippen LogP contribution in [0.2, 0.25) is 0 Å². The highest BCUT2D eigenvalue weighted by Crippen LogP contribution is 2.25. The van der Waals surface area contributed by atoms with Crippen LogP contribution in [-0.2, 0) is 11.2 Å². The number of halogens is 2. The molecule has 2 aliphatic heterocycles. The highest BCUT2D eigenvalue weighted by atomic mass is 19.3. The topological polar surface area (TPSA) is 61.9 Å². The van der Waals surface area contributed by atoms with Crippen LogP contribution in [0.3, 0.4) is 0 Å². The molecule has 2 aliphatic rings. The number of carbonyl (C=O) groups excluding carboxylic acids is 2. The summed E-state index contributed by atoms with van der Waals surface area (Å²) in [5, 5.41) is 2.80. The van der Waals surface area contributed by atoms with E-state index in [-0.39, 0.29) is 17.7 Å². The maximum atomic E-state index is 12.7. The molecule has 0 radical (unpaired) electrons. The van der Waals surface area contributed by atoms with Crippen LogP contribution in [-0.4, -0.2) is 53.6 Å². The lowest BCUT2D eigenvalue weighted by molar-refractivity contribution is -0.132. The van der Waals surface area contributed by atoms with E-state index in [1.54, 1.807) is 19.1 Å². The number of benzene rings is 1. The van der Waals surface area contributed by atoms with Crippen molar-refractivity contribution in [2.75, 3.05) is 19.8 Å². The first kappa shape index (κ1) is 18.6. The van der Waals surface area contributed by atoms with Gasteiger partial charge in [0.1, 0.15) is 11.3 Å². The van der Waals surface area contributed by atoms with Crippen molar-refractivity contribution in [2.45, 2.75) is 44.8 Å². The number of amides is 3. The molecule has 1 atom stereocenters. The van der Waals surface area contributed by atoms with Crippen molar-refractivity contribution >= 4 is 11.9 Å². The zero-order chi connectivity index (χ0) is 18.7. The maximum absolute atomic E-state index is 12.7. The zero-order valence-corrected chi connectivity index (χ0v) is 14.7. The Hall–Kier alpha value is -2.22. The minimum absolute atomic E-state index is 0.0944. The number of ether oxygens (including phenoxy) is 1. The lowest BCUT2D eigenvalue weighted by atomic mass is 9.93. The minimum atomic E-state index is -2.85. The lowest BCUT2D eigenvalue weighted by Crippen LogP contribution is -2.45. The van der Waals surface area contributed by atoms with E-state index >= 15 is 0 Å². The molecule has 2 saturated heterocycles. The summed E-state index contributed by atoms with van der Waals surface area (Å²) in [5.41, 5.74) is -0.0672. The molecule has 0 saturated carbocycles. The minimum Gasteiger partial charge on any atom is -0.435 e. The Bertz CT molecular complexity index is 662. The average Bonchev–Trinajstić information content (AvgIpc) is 3.17. The van der Waals surface area contributed by atoms with Crippen LogP contribution in [0.4, 0.5) is 13.6 Å². The number of imide groups is 1. The predicted molar refractivity (Wildman–Crippen MR) is 90.9 cm³/mol. The summed E-state index contributed by atoms with van der Waals surface area (Å²) in [7, 11) is 0. The summed E-state index contributed by atoms with van der Waals surface area (Å²) >= 11 is 0. The van der Waals surface area contributed by atoms with Gasteiger partial charge in [0.25, 0.3) is 5.91 Å². The standard InChI is InChI=1S/C18H23F2N3O3/c1-18(9-8-13-4-6-14(7-5-13)26-16(19)20)15(24)23(17(25)21-18)12-22-10-2-3-11-22/h4-7,16H,2-3,8-12H2,1H3,(H,21,25)/t18-/m0/s1. The van der Waals surface area contributed by atoms with E-state index in [0.29, 0.717) is 19.5 Å². The number of likely N-dealkylation sites (tertiary alicyclic amines) is 1. The van der Waals surface area contributed by atoms with Crippen LogP contribution >= 0.6 is 0 Å². The van der Waals surface area contributed by atoms with Crippen molar-refractivity contribution in [3.8, 4) is 5.75 Å². The SMILES string of the molecule is C[C@@]1(CCc2ccc(OC(F)F)cc2)NC(=O)N(CN2CCCC2)C1=O. The molecule has 1 N–H and O–H groups in total. The molecule has 0 unspecified atom stereocenters. The molecule has 6 nitrogen and oxygen atoms in total. The van der Waals surface area contributed by atoms with Gasteiger partial charge in [0, 0.05) is 0 Å². The largest absolute Gasteiger partial charge is 0.435 e. The molecule has 0 aromatic heterocycles. The molecule has 0 spiro atoms. The molecule has 1 aromatic carbocycles. The second-order valence-electron chi connectivity index (χ2n) is 6.98. The van der Waals surface area contributed by atoms with Crippen molar-refractivity contribution in [3.05, 3.63) is 29.8 Å². The molecular formula is C18H23F2N3O3.